The Bertz CT molecular complexity index is 1420. The number of anilines is 1. The zero-order valence-electron chi connectivity index (χ0n) is 17.2. The van der Waals surface area contributed by atoms with Gasteiger partial charge in [0, 0.05) is 17.2 Å². The summed E-state index contributed by atoms with van der Waals surface area (Å²) in [4.78, 5) is 15.0. The zero-order chi connectivity index (χ0) is 22.9. The van der Waals surface area contributed by atoms with Crippen LogP contribution in [0.5, 0.6) is 5.75 Å². The van der Waals surface area contributed by atoms with Crippen LogP contribution in [0.1, 0.15) is 11.3 Å². The third-order valence-electron chi connectivity index (χ3n) is 5.27. The van der Waals surface area contributed by atoms with Gasteiger partial charge in [0.05, 0.1) is 21.4 Å². The molecule has 0 radical (unpaired) electrons. The molecule has 1 amide bonds. The molecule has 6 heteroatoms. The highest BCUT2D eigenvalue weighted by Gasteiger charge is 2.30. The van der Waals surface area contributed by atoms with Crippen molar-refractivity contribution < 1.29 is 14.3 Å². The van der Waals surface area contributed by atoms with E-state index in [0.717, 1.165) is 11.1 Å². The molecule has 0 saturated carbocycles. The quantitative estimate of drug-likeness (QED) is 0.313. The smallest absolute Gasteiger partial charge is 0.263 e. The summed E-state index contributed by atoms with van der Waals surface area (Å²) in [7, 11) is 0. The maximum Gasteiger partial charge on any atom is 0.263 e. The highest BCUT2D eigenvalue weighted by Crippen LogP contribution is 2.37. The minimum absolute atomic E-state index is 0.0856. The first-order chi connectivity index (χ1) is 16.0. The van der Waals surface area contributed by atoms with Crippen LogP contribution in [0.15, 0.2) is 101 Å². The van der Waals surface area contributed by atoms with Crippen molar-refractivity contribution in [3.8, 4) is 17.1 Å². The lowest BCUT2D eigenvalue weighted by atomic mass is 10.1. The van der Waals surface area contributed by atoms with Gasteiger partial charge in [-0.2, -0.15) is 0 Å². The van der Waals surface area contributed by atoms with E-state index >= 15 is 0 Å². The van der Waals surface area contributed by atoms with E-state index in [2.05, 4.69) is 0 Å². The van der Waals surface area contributed by atoms with Gasteiger partial charge >= 0.3 is 0 Å². The van der Waals surface area contributed by atoms with Gasteiger partial charge in [-0.05, 0) is 60.2 Å². The standard InChI is InChI=1S/C27H17Cl2NO3/c28-23-11-9-18(14-24(23)29)26-12-10-22(33-26)13-19-15-25(17-5-2-1-3-6-17)30(27(19)32)20-7-4-8-21(31)16-20/h1-16,31H. The Morgan fingerprint density at radius 2 is 1.64 bits per heavy atom. The Morgan fingerprint density at radius 1 is 0.818 bits per heavy atom. The predicted octanol–water partition coefficient (Wildman–Crippen LogP) is 7.43. The summed E-state index contributed by atoms with van der Waals surface area (Å²) in [5, 5.41) is 10.9. The fourth-order valence-electron chi connectivity index (χ4n) is 3.71. The molecule has 3 aromatic carbocycles. The lowest BCUT2D eigenvalue weighted by molar-refractivity contribution is -0.113. The number of benzene rings is 3. The first-order valence-electron chi connectivity index (χ1n) is 10.2. The van der Waals surface area contributed by atoms with Crippen LogP contribution in [-0.4, -0.2) is 11.0 Å². The average molecular weight is 474 g/mol. The van der Waals surface area contributed by atoms with Crippen molar-refractivity contribution >= 4 is 46.6 Å². The van der Waals surface area contributed by atoms with Gasteiger partial charge in [0.2, 0.25) is 0 Å². The van der Waals surface area contributed by atoms with E-state index in [4.69, 9.17) is 27.6 Å². The Labute approximate surface area is 200 Å². The van der Waals surface area contributed by atoms with Crippen LogP contribution in [0.4, 0.5) is 5.69 Å². The lowest BCUT2D eigenvalue weighted by Gasteiger charge is -2.21. The molecule has 33 heavy (non-hydrogen) atoms. The van der Waals surface area contributed by atoms with Gasteiger partial charge < -0.3 is 9.52 Å². The van der Waals surface area contributed by atoms with Crippen LogP contribution < -0.4 is 4.90 Å². The second-order valence-electron chi connectivity index (χ2n) is 7.49. The molecule has 162 valence electrons. The van der Waals surface area contributed by atoms with Gasteiger partial charge in [-0.25, -0.2) is 0 Å². The number of phenolic OH excluding ortho intramolecular Hbond substituents is 1. The van der Waals surface area contributed by atoms with E-state index in [0.29, 0.717) is 38.5 Å². The molecule has 1 aromatic heterocycles. The van der Waals surface area contributed by atoms with Crippen LogP contribution in [0.25, 0.3) is 23.1 Å². The number of carbonyl (C=O) groups is 1. The van der Waals surface area contributed by atoms with E-state index in [1.165, 1.54) is 0 Å². The Kier molecular flexibility index (Phi) is 5.55. The summed E-state index contributed by atoms with van der Waals surface area (Å²) in [6, 6.07) is 25.1. The highest BCUT2D eigenvalue weighted by molar-refractivity contribution is 6.42. The monoisotopic (exact) mass is 473 g/mol. The van der Waals surface area contributed by atoms with E-state index in [-0.39, 0.29) is 11.7 Å². The third-order valence-corrected chi connectivity index (χ3v) is 6.01. The van der Waals surface area contributed by atoms with Crippen LogP contribution in [-0.2, 0) is 4.79 Å². The number of furan rings is 1. The topological polar surface area (TPSA) is 53.7 Å². The molecule has 0 unspecified atom stereocenters. The van der Waals surface area contributed by atoms with E-state index in [1.54, 1.807) is 53.4 Å². The molecule has 4 aromatic rings. The molecule has 0 bridgehead atoms. The largest absolute Gasteiger partial charge is 0.508 e. The molecular weight excluding hydrogens is 457 g/mol. The van der Waals surface area contributed by atoms with Crippen LogP contribution >= 0.6 is 23.2 Å². The fraction of sp³-hybridized carbons (Fsp3) is 0. The number of carbonyl (C=O) groups excluding carboxylic acids is 1. The second-order valence-corrected chi connectivity index (χ2v) is 8.30. The Hall–Kier alpha value is -3.73. The van der Waals surface area contributed by atoms with Gasteiger partial charge in [0.25, 0.3) is 5.91 Å². The molecule has 0 saturated heterocycles. The molecule has 0 spiro atoms. The zero-order valence-corrected chi connectivity index (χ0v) is 18.7. The van der Waals surface area contributed by atoms with Crippen LogP contribution in [0, 0.1) is 0 Å². The van der Waals surface area contributed by atoms with Crippen molar-refractivity contribution in [1.82, 2.24) is 0 Å². The Morgan fingerprint density at radius 3 is 2.39 bits per heavy atom. The Balaban J connectivity index is 1.54. The number of aromatic hydroxyl groups is 1. The number of amides is 1. The number of rotatable bonds is 4. The predicted molar refractivity (Wildman–Crippen MR) is 132 cm³/mol. The average Bonchev–Trinajstić information content (AvgIpc) is 3.41. The van der Waals surface area contributed by atoms with Crippen molar-refractivity contribution in [2.24, 2.45) is 0 Å². The molecule has 4 nitrogen and oxygen atoms in total. The lowest BCUT2D eigenvalue weighted by Crippen LogP contribution is -2.24. The molecule has 0 aliphatic carbocycles. The SMILES string of the molecule is O=C1C(=Cc2ccc(-c3ccc(Cl)c(Cl)c3)o2)C=C(c2ccccc2)N1c1cccc(O)c1. The molecule has 0 atom stereocenters. The van der Waals surface area contributed by atoms with Crippen molar-refractivity contribution in [2.45, 2.75) is 0 Å². The van der Waals surface area contributed by atoms with E-state index in [1.807, 2.05) is 48.5 Å². The summed E-state index contributed by atoms with van der Waals surface area (Å²) in [6.45, 7) is 0. The summed E-state index contributed by atoms with van der Waals surface area (Å²) in [6.07, 6.45) is 3.53. The molecule has 2 heterocycles. The van der Waals surface area contributed by atoms with Gasteiger partial charge in [-0.3, -0.25) is 9.69 Å². The summed E-state index contributed by atoms with van der Waals surface area (Å²) < 4.78 is 5.96. The summed E-state index contributed by atoms with van der Waals surface area (Å²) in [5.41, 5.74) is 3.43. The minimum atomic E-state index is -0.216. The molecular formula is C27H17Cl2NO3. The van der Waals surface area contributed by atoms with Gasteiger partial charge in [-0.15, -0.1) is 0 Å². The van der Waals surface area contributed by atoms with Crippen molar-refractivity contribution in [3.63, 3.8) is 0 Å². The van der Waals surface area contributed by atoms with E-state index in [9.17, 15) is 9.90 Å². The third kappa shape index (κ3) is 4.19. The first kappa shape index (κ1) is 21.1. The first-order valence-corrected chi connectivity index (χ1v) is 10.9. The van der Waals surface area contributed by atoms with Crippen LogP contribution in [0.3, 0.4) is 0 Å². The normalized spacial score (nSPS) is 14.7. The molecule has 0 fully saturated rings. The number of halogens is 2. The minimum Gasteiger partial charge on any atom is -0.508 e. The van der Waals surface area contributed by atoms with Gasteiger partial charge in [0.1, 0.15) is 17.3 Å². The summed E-state index contributed by atoms with van der Waals surface area (Å²) >= 11 is 12.1. The van der Waals surface area contributed by atoms with Crippen molar-refractivity contribution in [1.29, 1.82) is 0 Å². The number of nitrogens with zero attached hydrogens (tertiary/aromatic N) is 1. The second kappa shape index (κ2) is 8.66. The maximum absolute atomic E-state index is 13.4. The van der Waals surface area contributed by atoms with Gasteiger partial charge in [0.15, 0.2) is 0 Å². The van der Waals surface area contributed by atoms with Crippen molar-refractivity contribution in [2.75, 3.05) is 4.90 Å². The number of hydrogen-bond acceptors (Lipinski definition) is 3. The summed E-state index contributed by atoms with van der Waals surface area (Å²) in [5.74, 6) is 1.01. The van der Waals surface area contributed by atoms with Crippen molar-refractivity contribution in [3.05, 3.63) is 118 Å². The van der Waals surface area contributed by atoms with E-state index < -0.39 is 0 Å². The maximum atomic E-state index is 13.4. The number of hydrogen-bond donors (Lipinski definition) is 1. The molecule has 1 N–H and O–H groups in total. The molecule has 1 aliphatic rings. The number of phenols is 1. The molecule has 5 rings (SSSR count). The fourth-order valence-corrected chi connectivity index (χ4v) is 4.01. The van der Waals surface area contributed by atoms with Crippen LogP contribution in [0.2, 0.25) is 10.0 Å². The van der Waals surface area contributed by atoms with Gasteiger partial charge in [-0.1, -0.05) is 59.6 Å². The highest BCUT2D eigenvalue weighted by atomic mass is 35.5. The molecule has 1 aliphatic heterocycles.